The topological polar surface area (TPSA) is 51.0 Å². The molecule has 3 rings (SSSR count). The quantitative estimate of drug-likeness (QED) is 0.658. The molecule has 0 radical (unpaired) electrons. The number of thioether (sulfide) groups is 1. The third-order valence-corrected chi connectivity index (χ3v) is 4.36. The molecule has 0 aliphatic carbocycles. The Morgan fingerprint density at radius 2 is 2.00 bits per heavy atom. The third-order valence-electron chi connectivity index (χ3n) is 3.71. The van der Waals surface area contributed by atoms with Gasteiger partial charge >= 0.3 is 0 Å². The standard InChI is InChI=1S/C18H17FN4OS/c1-22(12-13-4-3-9-20-10-13)17(24)16-11-21-18(25-2)23(16)15-7-5-14(19)6-8-15/h3-11H,12H2,1-2H3. The molecule has 0 atom stereocenters. The molecule has 0 bridgehead atoms. The second-order valence-corrected chi connectivity index (χ2v) is 6.24. The summed E-state index contributed by atoms with van der Waals surface area (Å²) in [6.45, 7) is 0.440. The number of nitrogens with zero attached hydrogens (tertiary/aromatic N) is 4. The van der Waals surface area contributed by atoms with Crippen LogP contribution in [0.4, 0.5) is 4.39 Å². The highest BCUT2D eigenvalue weighted by atomic mass is 32.2. The summed E-state index contributed by atoms with van der Waals surface area (Å²) >= 11 is 1.43. The number of pyridine rings is 1. The first kappa shape index (κ1) is 17.2. The van der Waals surface area contributed by atoms with Crippen molar-refractivity contribution in [3.8, 4) is 5.69 Å². The molecule has 0 saturated carbocycles. The van der Waals surface area contributed by atoms with Crippen LogP contribution in [0, 0.1) is 5.82 Å². The molecule has 2 heterocycles. The van der Waals surface area contributed by atoms with Gasteiger partial charge in [0.2, 0.25) is 0 Å². The Hall–Kier alpha value is -2.67. The Kier molecular flexibility index (Phi) is 5.14. The van der Waals surface area contributed by atoms with Gasteiger partial charge in [0.25, 0.3) is 5.91 Å². The molecule has 0 unspecified atom stereocenters. The molecule has 0 spiro atoms. The Bertz CT molecular complexity index is 865. The molecular weight excluding hydrogens is 339 g/mol. The highest BCUT2D eigenvalue weighted by Crippen LogP contribution is 2.23. The van der Waals surface area contributed by atoms with E-state index in [0.29, 0.717) is 23.1 Å². The van der Waals surface area contributed by atoms with Crippen LogP contribution in [0.3, 0.4) is 0 Å². The van der Waals surface area contributed by atoms with Crippen molar-refractivity contribution in [3.05, 3.63) is 72.1 Å². The number of benzene rings is 1. The number of aromatic nitrogens is 3. The minimum absolute atomic E-state index is 0.166. The van der Waals surface area contributed by atoms with Crippen LogP contribution in [-0.4, -0.2) is 38.6 Å². The maximum absolute atomic E-state index is 13.2. The molecule has 1 aromatic carbocycles. The number of carbonyl (C=O) groups is 1. The van der Waals surface area contributed by atoms with E-state index in [2.05, 4.69) is 9.97 Å². The maximum Gasteiger partial charge on any atom is 0.272 e. The average Bonchev–Trinajstić information content (AvgIpc) is 3.06. The zero-order valence-corrected chi connectivity index (χ0v) is 14.7. The highest BCUT2D eigenvalue weighted by Gasteiger charge is 2.21. The summed E-state index contributed by atoms with van der Waals surface area (Å²) in [7, 11) is 1.73. The lowest BCUT2D eigenvalue weighted by Crippen LogP contribution is -2.28. The zero-order valence-electron chi connectivity index (χ0n) is 13.9. The van der Waals surface area contributed by atoms with Gasteiger partial charge in [0.15, 0.2) is 5.16 Å². The van der Waals surface area contributed by atoms with Crippen LogP contribution in [0.1, 0.15) is 16.1 Å². The van der Waals surface area contributed by atoms with Crippen LogP contribution < -0.4 is 0 Å². The minimum Gasteiger partial charge on any atom is -0.336 e. The number of rotatable bonds is 5. The fraction of sp³-hybridized carbons (Fsp3) is 0.167. The van der Waals surface area contributed by atoms with Crippen LogP contribution in [0.15, 0.2) is 60.1 Å². The Morgan fingerprint density at radius 1 is 1.24 bits per heavy atom. The summed E-state index contributed by atoms with van der Waals surface area (Å²) in [6.07, 6.45) is 6.86. The van der Waals surface area contributed by atoms with E-state index in [9.17, 15) is 9.18 Å². The molecule has 3 aromatic rings. The largest absolute Gasteiger partial charge is 0.336 e. The van der Waals surface area contributed by atoms with E-state index in [1.165, 1.54) is 23.9 Å². The van der Waals surface area contributed by atoms with E-state index in [1.807, 2.05) is 18.4 Å². The highest BCUT2D eigenvalue weighted by molar-refractivity contribution is 7.98. The van der Waals surface area contributed by atoms with Crippen LogP contribution >= 0.6 is 11.8 Å². The molecule has 0 N–H and O–H groups in total. The zero-order chi connectivity index (χ0) is 17.8. The lowest BCUT2D eigenvalue weighted by molar-refractivity contribution is 0.0776. The van der Waals surface area contributed by atoms with Crippen molar-refractivity contribution in [1.29, 1.82) is 0 Å². The molecule has 128 valence electrons. The van der Waals surface area contributed by atoms with E-state index in [0.717, 1.165) is 5.56 Å². The fourth-order valence-electron chi connectivity index (χ4n) is 2.50. The van der Waals surface area contributed by atoms with Crippen molar-refractivity contribution < 1.29 is 9.18 Å². The molecular formula is C18H17FN4OS. The number of hydrogen-bond acceptors (Lipinski definition) is 4. The maximum atomic E-state index is 13.2. The molecule has 0 fully saturated rings. The molecule has 1 amide bonds. The van der Waals surface area contributed by atoms with Crippen LogP contribution in [0.25, 0.3) is 5.69 Å². The summed E-state index contributed by atoms with van der Waals surface area (Å²) < 4.78 is 15.0. The third kappa shape index (κ3) is 3.71. The normalized spacial score (nSPS) is 10.7. The van der Waals surface area contributed by atoms with Gasteiger partial charge in [-0.2, -0.15) is 0 Å². The second-order valence-electron chi connectivity index (χ2n) is 5.46. The molecule has 5 nitrogen and oxygen atoms in total. The van der Waals surface area contributed by atoms with Gasteiger partial charge < -0.3 is 4.90 Å². The molecule has 0 aliphatic rings. The van der Waals surface area contributed by atoms with Gasteiger partial charge in [-0.25, -0.2) is 9.37 Å². The number of hydrogen-bond donors (Lipinski definition) is 0. The van der Waals surface area contributed by atoms with Crippen molar-refractivity contribution in [1.82, 2.24) is 19.4 Å². The summed E-state index contributed by atoms with van der Waals surface area (Å²) in [5.41, 5.74) is 2.07. The number of imidazole rings is 1. The van der Waals surface area contributed by atoms with Crippen LogP contribution in [0.2, 0.25) is 0 Å². The van der Waals surface area contributed by atoms with Gasteiger partial charge in [0.1, 0.15) is 11.5 Å². The number of amides is 1. The predicted octanol–water partition coefficient (Wildman–Crippen LogP) is 3.40. The first-order chi connectivity index (χ1) is 12.1. The van der Waals surface area contributed by atoms with Crippen LogP contribution in [-0.2, 0) is 6.54 Å². The predicted molar refractivity (Wildman–Crippen MR) is 95.3 cm³/mol. The van der Waals surface area contributed by atoms with Gasteiger partial charge in [-0.05, 0) is 42.2 Å². The van der Waals surface area contributed by atoms with Gasteiger partial charge in [-0.3, -0.25) is 14.3 Å². The van der Waals surface area contributed by atoms with Gasteiger partial charge in [0.05, 0.1) is 6.20 Å². The van der Waals surface area contributed by atoms with E-state index < -0.39 is 0 Å². The summed E-state index contributed by atoms with van der Waals surface area (Å²) in [5.74, 6) is -0.489. The first-order valence-electron chi connectivity index (χ1n) is 7.62. The fourth-order valence-corrected chi connectivity index (χ4v) is 3.05. The molecule has 0 aliphatic heterocycles. The summed E-state index contributed by atoms with van der Waals surface area (Å²) in [5, 5.41) is 0.671. The minimum atomic E-state index is -0.323. The monoisotopic (exact) mass is 356 g/mol. The molecule has 7 heteroatoms. The van der Waals surface area contributed by atoms with Gasteiger partial charge in [-0.15, -0.1) is 0 Å². The SMILES string of the molecule is CSc1ncc(C(=O)N(C)Cc2cccnc2)n1-c1ccc(F)cc1. The summed E-state index contributed by atoms with van der Waals surface area (Å²) in [6, 6.07) is 9.76. The first-order valence-corrected chi connectivity index (χ1v) is 8.84. The Balaban J connectivity index is 1.92. The van der Waals surface area contributed by atoms with Crippen molar-refractivity contribution in [3.63, 3.8) is 0 Å². The Labute approximate surface area is 149 Å². The average molecular weight is 356 g/mol. The van der Waals surface area contributed by atoms with Crippen LogP contribution in [0.5, 0.6) is 0 Å². The number of halogens is 1. The Morgan fingerprint density at radius 3 is 2.64 bits per heavy atom. The number of carbonyl (C=O) groups excluding carboxylic acids is 1. The smallest absolute Gasteiger partial charge is 0.272 e. The molecule has 25 heavy (non-hydrogen) atoms. The lowest BCUT2D eigenvalue weighted by Gasteiger charge is -2.18. The van der Waals surface area contributed by atoms with Crippen molar-refractivity contribution in [2.24, 2.45) is 0 Å². The van der Waals surface area contributed by atoms with Crippen molar-refractivity contribution in [2.75, 3.05) is 13.3 Å². The van der Waals surface area contributed by atoms with E-state index in [4.69, 9.17) is 0 Å². The van der Waals surface area contributed by atoms with Crippen molar-refractivity contribution in [2.45, 2.75) is 11.7 Å². The van der Waals surface area contributed by atoms with E-state index in [-0.39, 0.29) is 11.7 Å². The molecule has 2 aromatic heterocycles. The second kappa shape index (κ2) is 7.48. The summed E-state index contributed by atoms with van der Waals surface area (Å²) in [4.78, 5) is 22.9. The molecule has 0 saturated heterocycles. The van der Waals surface area contributed by atoms with E-state index in [1.54, 1.807) is 47.2 Å². The van der Waals surface area contributed by atoms with E-state index >= 15 is 0 Å². The van der Waals surface area contributed by atoms with Gasteiger partial charge in [-0.1, -0.05) is 17.8 Å². The lowest BCUT2D eigenvalue weighted by atomic mass is 10.2. The van der Waals surface area contributed by atoms with Gasteiger partial charge in [0, 0.05) is 31.7 Å². The van der Waals surface area contributed by atoms with Crippen molar-refractivity contribution >= 4 is 17.7 Å².